The first-order valence-corrected chi connectivity index (χ1v) is 11.8. The maximum atomic E-state index is 11.8. The van der Waals surface area contributed by atoms with E-state index in [0.717, 1.165) is 15.4 Å². The third kappa shape index (κ3) is 5.71. The monoisotopic (exact) mass is 515 g/mol. The van der Waals surface area contributed by atoms with Crippen molar-refractivity contribution in [3.63, 3.8) is 0 Å². The Labute approximate surface area is 198 Å². The number of fused-ring (bicyclic) bond motifs is 1. The lowest BCUT2D eigenvalue weighted by molar-refractivity contribution is -0.0734. The molecule has 5 N–H and O–H groups in total. The van der Waals surface area contributed by atoms with Crippen molar-refractivity contribution in [1.29, 1.82) is 10.7 Å². The van der Waals surface area contributed by atoms with E-state index >= 15 is 0 Å². The van der Waals surface area contributed by atoms with Crippen LogP contribution in [0.3, 0.4) is 0 Å². The van der Waals surface area contributed by atoms with Gasteiger partial charge in [-0.15, -0.1) is 0 Å². The van der Waals surface area contributed by atoms with Crippen LogP contribution in [0.2, 0.25) is 0 Å². The van der Waals surface area contributed by atoms with Crippen molar-refractivity contribution in [3.05, 3.63) is 29.6 Å². The average Bonchev–Trinajstić information content (AvgIpc) is 3.30. The molecular weight excluding hydrogens is 489 g/mol. The zero-order chi connectivity index (χ0) is 26.2. The molecule has 1 fully saturated rings. The van der Waals surface area contributed by atoms with Crippen molar-refractivity contribution in [2.24, 2.45) is 5.41 Å². The molecule has 0 unspecified atom stereocenters. The number of nitrogens with one attached hydrogen (secondary N) is 1. The lowest BCUT2D eigenvalue weighted by Gasteiger charge is -2.24. The number of aliphatic hydroxyl groups is 2. The molecule has 3 rings (SSSR count). The largest absolute Gasteiger partial charge is 0.508 e. The highest BCUT2D eigenvalue weighted by Crippen LogP contribution is 2.40. The van der Waals surface area contributed by atoms with Gasteiger partial charge in [0.2, 0.25) is 5.60 Å². The fraction of sp³-hybridized carbons (Fsp3) is 0.579. The molecule has 1 aliphatic rings. The summed E-state index contributed by atoms with van der Waals surface area (Å²) in [6.45, 7) is 4.47. The van der Waals surface area contributed by atoms with Crippen LogP contribution in [0.4, 0.5) is 4.79 Å². The summed E-state index contributed by atoms with van der Waals surface area (Å²) in [7, 11) is -4.80. The van der Waals surface area contributed by atoms with E-state index in [9.17, 15) is 24.8 Å². The van der Waals surface area contributed by atoms with Crippen molar-refractivity contribution >= 4 is 19.5 Å². The van der Waals surface area contributed by atoms with Crippen molar-refractivity contribution in [2.45, 2.75) is 51.4 Å². The molecule has 3 heterocycles. The molecule has 4 atom stereocenters. The molecule has 1 saturated heterocycles. The Morgan fingerprint density at radius 1 is 1.34 bits per heavy atom. The summed E-state index contributed by atoms with van der Waals surface area (Å²) in [6.07, 6.45) is -4.64. The molecule has 0 aliphatic carbocycles. The summed E-state index contributed by atoms with van der Waals surface area (Å²) in [6, 6.07) is 4.54. The zero-order valence-electron chi connectivity index (χ0n) is 19.1. The number of nitrogens with zero attached hydrogens (tertiary/aromatic N) is 4. The zero-order valence-corrected chi connectivity index (χ0v) is 20.0. The topological polar surface area (TPSA) is 222 Å². The van der Waals surface area contributed by atoms with E-state index in [-0.39, 0.29) is 28.7 Å². The number of hydrogen-bond donors (Lipinski definition) is 5. The minimum Gasteiger partial charge on any atom is -0.434 e. The third-order valence-electron chi connectivity index (χ3n) is 5.05. The summed E-state index contributed by atoms with van der Waals surface area (Å²) < 4.78 is 33.1. The van der Waals surface area contributed by atoms with Gasteiger partial charge in [-0.25, -0.2) is 13.9 Å². The molecule has 15 nitrogen and oxygen atoms in total. The van der Waals surface area contributed by atoms with E-state index < -0.39 is 51.2 Å². The second-order valence-electron chi connectivity index (χ2n) is 9.06. The Kier molecular flexibility index (Phi) is 7.39. The van der Waals surface area contributed by atoms with Crippen molar-refractivity contribution in [3.8, 4) is 6.07 Å². The van der Waals surface area contributed by atoms with E-state index in [1.807, 2.05) is 26.8 Å². The SMILES string of the molecule is CC(C)(C)COC(=O)OC[C@H]1O[C@@](C#N)(c2ccc3c(=N)n(COP(=O)(O)O)cnn23)[C@H](O)[C@@H]1O. The first kappa shape index (κ1) is 26.8. The summed E-state index contributed by atoms with van der Waals surface area (Å²) in [5.41, 5.74) is -2.65. The molecule has 0 radical (unpaired) electrons. The van der Waals surface area contributed by atoms with Crippen LogP contribution in [-0.4, -0.2) is 71.9 Å². The van der Waals surface area contributed by atoms with E-state index in [2.05, 4.69) is 9.62 Å². The number of aliphatic hydroxyl groups excluding tert-OH is 2. The molecule has 0 bridgehead atoms. The number of hydrogen-bond acceptors (Lipinski definition) is 11. The van der Waals surface area contributed by atoms with Crippen molar-refractivity contribution in [2.75, 3.05) is 13.2 Å². The summed E-state index contributed by atoms with van der Waals surface area (Å²) in [4.78, 5) is 29.6. The maximum absolute atomic E-state index is 11.8. The van der Waals surface area contributed by atoms with E-state index in [1.54, 1.807) is 0 Å². The molecule has 0 aromatic carbocycles. The molecular formula is C19H26N5O10P. The van der Waals surface area contributed by atoms with Gasteiger partial charge in [-0.05, 0) is 17.5 Å². The molecule has 0 saturated carbocycles. The Morgan fingerprint density at radius 3 is 2.63 bits per heavy atom. The van der Waals surface area contributed by atoms with Crippen LogP contribution in [0.25, 0.3) is 5.52 Å². The smallest absolute Gasteiger partial charge is 0.434 e. The standard InChI is InChI=1S/C19H26N5O10P/c1-18(2,3)8-32-17(27)31-6-12-14(25)15(26)19(7-20,34-12)13-5-4-11-16(21)23(9-22-24(11)13)10-33-35(28,29)30/h4-5,9,12,14-15,21,25-26H,6,8,10H2,1-3H3,(H2,28,29,30)/t12-,14-,15-,19+/m1/s1. The number of nitriles is 1. The lowest BCUT2D eigenvalue weighted by Crippen LogP contribution is -2.41. The van der Waals surface area contributed by atoms with E-state index in [4.69, 9.17) is 29.4 Å². The van der Waals surface area contributed by atoms with Gasteiger partial charge >= 0.3 is 14.0 Å². The first-order chi connectivity index (χ1) is 16.2. The minimum atomic E-state index is -4.80. The number of ether oxygens (including phenoxy) is 3. The van der Waals surface area contributed by atoms with Gasteiger partial charge in [0, 0.05) is 0 Å². The quantitative estimate of drug-likeness (QED) is 0.237. The van der Waals surface area contributed by atoms with Gasteiger partial charge in [0.25, 0.3) is 0 Å². The highest BCUT2D eigenvalue weighted by Gasteiger charge is 2.57. The first-order valence-electron chi connectivity index (χ1n) is 10.3. The van der Waals surface area contributed by atoms with Crippen molar-refractivity contribution < 1.29 is 48.1 Å². The average molecular weight is 515 g/mol. The maximum Gasteiger partial charge on any atom is 0.508 e. The molecule has 2 aromatic heterocycles. The molecule has 0 spiro atoms. The van der Waals surface area contributed by atoms with Crippen LogP contribution in [0, 0.1) is 22.2 Å². The van der Waals surface area contributed by atoms with Gasteiger partial charge in [-0.1, -0.05) is 20.8 Å². The Balaban J connectivity index is 1.83. The van der Waals surface area contributed by atoms with Gasteiger partial charge in [0.1, 0.15) is 49.6 Å². The highest BCUT2D eigenvalue weighted by molar-refractivity contribution is 7.46. The third-order valence-corrected chi connectivity index (χ3v) is 5.50. The summed E-state index contributed by atoms with van der Waals surface area (Å²) in [5, 5.41) is 43.4. The van der Waals surface area contributed by atoms with Crippen LogP contribution in [0.1, 0.15) is 26.5 Å². The second kappa shape index (κ2) is 9.67. The van der Waals surface area contributed by atoms with Gasteiger partial charge in [-0.3, -0.25) is 14.5 Å². The van der Waals surface area contributed by atoms with Crippen LogP contribution in [-0.2, 0) is 35.6 Å². The van der Waals surface area contributed by atoms with Gasteiger partial charge in [0.05, 0.1) is 12.3 Å². The fourth-order valence-electron chi connectivity index (χ4n) is 3.35. The van der Waals surface area contributed by atoms with Gasteiger partial charge < -0.3 is 34.2 Å². The number of phosphoric ester groups is 1. The molecule has 16 heteroatoms. The number of carbonyl (C=O) groups is 1. The normalized spacial score (nSPS) is 24.9. The van der Waals surface area contributed by atoms with Crippen LogP contribution >= 0.6 is 7.82 Å². The molecule has 1 aliphatic heterocycles. The number of rotatable bonds is 7. The van der Waals surface area contributed by atoms with Crippen LogP contribution < -0.4 is 5.49 Å². The lowest BCUT2D eigenvalue weighted by atomic mass is 9.92. The number of aromatic nitrogens is 3. The van der Waals surface area contributed by atoms with E-state index in [0.29, 0.717) is 0 Å². The second-order valence-corrected chi connectivity index (χ2v) is 10.3. The Morgan fingerprint density at radius 2 is 2.03 bits per heavy atom. The Bertz CT molecular complexity index is 1240. The molecule has 2 aromatic rings. The molecule has 0 amide bonds. The number of carbonyl (C=O) groups excluding carboxylic acids is 1. The van der Waals surface area contributed by atoms with Gasteiger partial charge in [-0.2, -0.15) is 10.4 Å². The number of phosphoric acid groups is 1. The summed E-state index contributed by atoms with van der Waals surface area (Å²) >= 11 is 0. The molecule has 35 heavy (non-hydrogen) atoms. The van der Waals surface area contributed by atoms with Crippen LogP contribution in [0.15, 0.2) is 18.5 Å². The highest BCUT2D eigenvalue weighted by atomic mass is 31.2. The molecule has 192 valence electrons. The predicted molar refractivity (Wildman–Crippen MR) is 113 cm³/mol. The van der Waals surface area contributed by atoms with Crippen LogP contribution in [0.5, 0.6) is 0 Å². The van der Waals surface area contributed by atoms with E-state index in [1.165, 1.54) is 12.1 Å². The predicted octanol–water partition coefficient (Wildman–Crippen LogP) is -0.279. The summed E-state index contributed by atoms with van der Waals surface area (Å²) in [5.74, 6) is 0. The van der Waals surface area contributed by atoms with Crippen molar-refractivity contribution in [1.82, 2.24) is 14.2 Å². The Hall–Kier alpha value is -2.83. The fourth-order valence-corrected chi connectivity index (χ4v) is 3.63. The minimum absolute atomic E-state index is 0.0316. The van der Waals surface area contributed by atoms with Gasteiger partial charge in [0.15, 0.2) is 5.49 Å².